The van der Waals surface area contributed by atoms with Gasteiger partial charge in [0.25, 0.3) is 0 Å². The first kappa shape index (κ1) is 13.2. The minimum Gasteiger partial charge on any atom is -0.440 e. The zero-order chi connectivity index (χ0) is 14.1. The van der Waals surface area contributed by atoms with Crippen LogP contribution in [-0.4, -0.2) is 4.98 Å². The van der Waals surface area contributed by atoms with Crippen molar-refractivity contribution in [1.82, 2.24) is 4.98 Å². The van der Waals surface area contributed by atoms with E-state index in [0.717, 1.165) is 27.8 Å². The molecular formula is C16H15ClN2O. The van der Waals surface area contributed by atoms with Crippen molar-refractivity contribution in [3.63, 3.8) is 0 Å². The number of halogens is 1. The van der Waals surface area contributed by atoms with E-state index in [-0.39, 0.29) is 0 Å². The maximum absolute atomic E-state index is 6.04. The maximum Gasteiger partial charge on any atom is 0.199 e. The second-order valence-corrected chi connectivity index (χ2v) is 5.26. The molecule has 102 valence electrons. The molecule has 0 fully saturated rings. The zero-order valence-corrected chi connectivity index (χ0v) is 11.9. The van der Waals surface area contributed by atoms with E-state index in [1.165, 1.54) is 0 Å². The zero-order valence-electron chi connectivity index (χ0n) is 11.2. The summed E-state index contributed by atoms with van der Waals surface area (Å²) in [5, 5.41) is 0.678. The Labute approximate surface area is 122 Å². The van der Waals surface area contributed by atoms with Crippen molar-refractivity contribution < 1.29 is 4.42 Å². The third-order valence-corrected chi connectivity index (χ3v) is 3.58. The van der Waals surface area contributed by atoms with Gasteiger partial charge in [-0.1, -0.05) is 35.9 Å². The Bertz CT molecular complexity index is 764. The normalized spacial score (nSPS) is 11.2. The Balaban J connectivity index is 2.01. The number of nitrogens with zero attached hydrogens (tertiary/aromatic N) is 1. The molecule has 2 N–H and O–H groups in total. The molecule has 20 heavy (non-hydrogen) atoms. The van der Waals surface area contributed by atoms with Gasteiger partial charge in [-0.2, -0.15) is 0 Å². The molecule has 0 aliphatic rings. The van der Waals surface area contributed by atoms with Crippen molar-refractivity contribution in [2.45, 2.75) is 19.9 Å². The standard InChI is InChI=1S/C16H15ClN2O/c1-10-6-13(17)8-14-16(10)20-15(19-14)7-11-4-2-3-5-12(11)9-18/h2-6,8H,7,9,18H2,1H3. The number of hydrogen-bond donors (Lipinski definition) is 1. The first-order valence-corrected chi connectivity index (χ1v) is 6.87. The van der Waals surface area contributed by atoms with Gasteiger partial charge in [0, 0.05) is 18.0 Å². The van der Waals surface area contributed by atoms with Gasteiger partial charge in [0.15, 0.2) is 11.5 Å². The minimum absolute atomic E-state index is 0.515. The molecule has 3 aromatic rings. The van der Waals surface area contributed by atoms with Gasteiger partial charge in [0.2, 0.25) is 0 Å². The number of aromatic nitrogens is 1. The Hall–Kier alpha value is -1.84. The van der Waals surface area contributed by atoms with E-state index in [9.17, 15) is 0 Å². The van der Waals surface area contributed by atoms with Gasteiger partial charge in [0.1, 0.15) is 5.52 Å². The second-order valence-electron chi connectivity index (χ2n) is 4.83. The summed E-state index contributed by atoms with van der Waals surface area (Å²) in [5.41, 5.74) is 10.6. The van der Waals surface area contributed by atoms with Crippen LogP contribution in [0.2, 0.25) is 5.02 Å². The van der Waals surface area contributed by atoms with Crippen LogP contribution in [0.15, 0.2) is 40.8 Å². The second kappa shape index (κ2) is 5.27. The summed E-state index contributed by atoms with van der Waals surface area (Å²) in [6.45, 7) is 2.48. The van der Waals surface area contributed by atoms with Gasteiger partial charge in [-0.3, -0.25) is 0 Å². The Morgan fingerprint density at radius 2 is 1.95 bits per heavy atom. The lowest BCUT2D eigenvalue weighted by atomic mass is 10.0. The summed E-state index contributed by atoms with van der Waals surface area (Å²) in [4.78, 5) is 4.51. The van der Waals surface area contributed by atoms with Crippen LogP contribution in [0.3, 0.4) is 0 Å². The first-order chi connectivity index (χ1) is 9.67. The molecule has 0 aliphatic heterocycles. The van der Waals surface area contributed by atoms with Crippen molar-refractivity contribution in [2.75, 3.05) is 0 Å². The molecule has 0 atom stereocenters. The third-order valence-electron chi connectivity index (χ3n) is 3.36. The topological polar surface area (TPSA) is 52.0 Å². The van der Waals surface area contributed by atoms with Crippen molar-refractivity contribution in [3.8, 4) is 0 Å². The number of benzene rings is 2. The Morgan fingerprint density at radius 1 is 1.20 bits per heavy atom. The molecule has 1 heterocycles. The van der Waals surface area contributed by atoms with Gasteiger partial charge >= 0.3 is 0 Å². The lowest BCUT2D eigenvalue weighted by Gasteiger charge is -2.04. The molecule has 3 rings (SSSR count). The number of aryl methyl sites for hydroxylation is 1. The number of rotatable bonds is 3. The van der Waals surface area contributed by atoms with Crippen LogP contribution in [0, 0.1) is 6.92 Å². The quantitative estimate of drug-likeness (QED) is 0.796. The molecule has 4 heteroatoms. The summed E-state index contributed by atoms with van der Waals surface area (Å²) >= 11 is 6.04. The highest BCUT2D eigenvalue weighted by Gasteiger charge is 2.11. The van der Waals surface area contributed by atoms with E-state index in [2.05, 4.69) is 11.1 Å². The highest BCUT2D eigenvalue weighted by molar-refractivity contribution is 6.31. The number of hydrogen-bond acceptors (Lipinski definition) is 3. The molecule has 0 spiro atoms. The number of oxazole rings is 1. The molecule has 2 aromatic carbocycles. The van der Waals surface area contributed by atoms with Gasteiger partial charge in [0.05, 0.1) is 0 Å². The van der Waals surface area contributed by atoms with Crippen LogP contribution < -0.4 is 5.73 Å². The molecule has 0 radical (unpaired) electrons. The molecule has 0 saturated carbocycles. The first-order valence-electron chi connectivity index (χ1n) is 6.50. The van der Waals surface area contributed by atoms with Crippen LogP contribution in [0.25, 0.3) is 11.1 Å². The van der Waals surface area contributed by atoms with E-state index in [1.54, 1.807) is 0 Å². The molecular weight excluding hydrogens is 272 g/mol. The SMILES string of the molecule is Cc1cc(Cl)cc2nc(Cc3ccccc3CN)oc12. The van der Waals surface area contributed by atoms with Crippen LogP contribution in [0.1, 0.15) is 22.6 Å². The summed E-state index contributed by atoms with van der Waals surface area (Å²) in [6, 6.07) is 11.8. The molecule has 0 bridgehead atoms. The molecule has 1 aromatic heterocycles. The van der Waals surface area contributed by atoms with Crippen molar-refractivity contribution in [3.05, 3.63) is 64.0 Å². The predicted molar refractivity (Wildman–Crippen MR) is 80.9 cm³/mol. The van der Waals surface area contributed by atoms with E-state index >= 15 is 0 Å². The largest absolute Gasteiger partial charge is 0.440 e. The molecule has 0 amide bonds. The van der Waals surface area contributed by atoms with Crippen molar-refractivity contribution in [2.24, 2.45) is 5.73 Å². The lowest BCUT2D eigenvalue weighted by Crippen LogP contribution is -2.01. The fraction of sp³-hybridized carbons (Fsp3) is 0.188. The van der Waals surface area contributed by atoms with E-state index < -0.39 is 0 Å². The summed E-state index contributed by atoms with van der Waals surface area (Å²) in [5.74, 6) is 0.686. The summed E-state index contributed by atoms with van der Waals surface area (Å²) < 4.78 is 5.85. The van der Waals surface area contributed by atoms with E-state index in [0.29, 0.717) is 23.9 Å². The van der Waals surface area contributed by atoms with Crippen LogP contribution in [0.4, 0.5) is 0 Å². The highest BCUT2D eigenvalue weighted by atomic mass is 35.5. The van der Waals surface area contributed by atoms with Crippen LogP contribution in [-0.2, 0) is 13.0 Å². The Kier molecular flexibility index (Phi) is 3.47. The summed E-state index contributed by atoms with van der Waals surface area (Å²) in [7, 11) is 0. The molecule has 0 unspecified atom stereocenters. The summed E-state index contributed by atoms with van der Waals surface area (Å²) in [6.07, 6.45) is 0.638. The molecule has 3 nitrogen and oxygen atoms in total. The van der Waals surface area contributed by atoms with Crippen molar-refractivity contribution >= 4 is 22.7 Å². The van der Waals surface area contributed by atoms with Crippen molar-refractivity contribution in [1.29, 1.82) is 0 Å². The van der Waals surface area contributed by atoms with Crippen LogP contribution >= 0.6 is 11.6 Å². The maximum atomic E-state index is 6.04. The fourth-order valence-corrected chi connectivity index (χ4v) is 2.64. The third kappa shape index (κ3) is 2.42. The van der Waals surface area contributed by atoms with E-state index in [1.807, 2.05) is 37.3 Å². The minimum atomic E-state index is 0.515. The van der Waals surface area contributed by atoms with Gasteiger partial charge in [-0.15, -0.1) is 0 Å². The lowest BCUT2D eigenvalue weighted by molar-refractivity contribution is 0.541. The molecule has 0 aliphatic carbocycles. The van der Waals surface area contributed by atoms with Gasteiger partial charge < -0.3 is 10.2 Å². The van der Waals surface area contributed by atoms with Gasteiger partial charge in [-0.25, -0.2) is 4.98 Å². The predicted octanol–water partition coefficient (Wildman–Crippen LogP) is 3.84. The Morgan fingerprint density at radius 3 is 2.70 bits per heavy atom. The monoisotopic (exact) mass is 286 g/mol. The number of fused-ring (bicyclic) bond motifs is 1. The fourth-order valence-electron chi connectivity index (χ4n) is 2.37. The average Bonchev–Trinajstić information content (AvgIpc) is 2.82. The smallest absolute Gasteiger partial charge is 0.199 e. The highest BCUT2D eigenvalue weighted by Crippen LogP contribution is 2.25. The molecule has 0 saturated heterocycles. The number of nitrogens with two attached hydrogens (primary N) is 1. The van der Waals surface area contributed by atoms with E-state index in [4.69, 9.17) is 21.8 Å². The van der Waals surface area contributed by atoms with Crippen LogP contribution in [0.5, 0.6) is 0 Å². The average molecular weight is 287 g/mol. The van der Waals surface area contributed by atoms with Gasteiger partial charge in [-0.05, 0) is 35.7 Å².